The van der Waals surface area contributed by atoms with Gasteiger partial charge in [0.2, 0.25) is 0 Å². The second-order valence-electron chi connectivity index (χ2n) is 7.07. The first-order valence-electron chi connectivity index (χ1n) is 9.94. The highest BCUT2D eigenvalue weighted by Crippen LogP contribution is 2.34. The summed E-state index contributed by atoms with van der Waals surface area (Å²) in [6, 6.07) is 4.76. The third kappa shape index (κ3) is 8.86. The molecule has 0 radical (unpaired) electrons. The summed E-state index contributed by atoms with van der Waals surface area (Å²) < 4.78 is 16.2. The van der Waals surface area contributed by atoms with Crippen LogP contribution in [0.25, 0.3) is 0 Å². The van der Waals surface area contributed by atoms with Crippen LogP contribution in [0, 0.1) is 0 Å². The predicted octanol–water partition coefficient (Wildman–Crippen LogP) is 3.50. The lowest BCUT2D eigenvalue weighted by molar-refractivity contribution is 0.178. The van der Waals surface area contributed by atoms with Gasteiger partial charge in [-0.15, -0.1) is 24.0 Å². The molecule has 0 fully saturated rings. The third-order valence-corrected chi connectivity index (χ3v) is 4.53. The van der Waals surface area contributed by atoms with Crippen molar-refractivity contribution in [3.8, 4) is 17.2 Å². The zero-order chi connectivity index (χ0) is 21.1. The van der Waals surface area contributed by atoms with Crippen molar-refractivity contribution in [2.75, 3.05) is 41.0 Å². The number of rotatable bonds is 11. The van der Waals surface area contributed by atoms with E-state index in [-0.39, 0.29) is 24.0 Å². The fraction of sp³-hybridized carbons (Fsp3) is 0.667. The van der Waals surface area contributed by atoms with Gasteiger partial charge in [-0.05, 0) is 40.7 Å². The van der Waals surface area contributed by atoms with Gasteiger partial charge in [-0.3, -0.25) is 4.90 Å². The van der Waals surface area contributed by atoms with Crippen molar-refractivity contribution in [2.45, 2.75) is 53.2 Å². The van der Waals surface area contributed by atoms with Gasteiger partial charge in [-0.2, -0.15) is 0 Å². The number of methoxy groups -OCH3 is 3. The fourth-order valence-corrected chi connectivity index (χ4v) is 3.14. The number of ether oxygens (including phenoxy) is 3. The van der Waals surface area contributed by atoms with Crippen LogP contribution in [-0.2, 0) is 6.54 Å². The van der Waals surface area contributed by atoms with Gasteiger partial charge in [-0.25, -0.2) is 4.99 Å². The number of benzene rings is 1. The summed E-state index contributed by atoms with van der Waals surface area (Å²) in [6.45, 7) is 14.0. The molecule has 2 N–H and O–H groups in total. The number of halogens is 1. The van der Waals surface area contributed by atoms with Crippen LogP contribution in [0.5, 0.6) is 17.2 Å². The highest BCUT2D eigenvalue weighted by molar-refractivity contribution is 14.0. The lowest BCUT2D eigenvalue weighted by Gasteiger charge is -2.30. The maximum absolute atomic E-state index is 5.49. The van der Waals surface area contributed by atoms with E-state index in [1.807, 2.05) is 12.1 Å². The Balaban J connectivity index is 0.00000784. The van der Waals surface area contributed by atoms with E-state index in [2.05, 4.69) is 50.2 Å². The van der Waals surface area contributed by atoms with Crippen LogP contribution < -0.4 is 24.8 Å². The van der Waals surface area contributed by atoms with Gasteiger partial charge in [0.1, 0.15) is 5.75 Å². The molecule has 0 aliphatic carbocycles. The van der Waals surface area contributed by atoms with Gasteiger partial charge < -0.3 is 24.8 Å². The minimum absolute atomic E-state index is 0. The number of aliphatic imine (C=N–C) groups is 1. The lowest BCUT2D eigenvalue weighted by atomic mass is 10.1. The Bertz CT molecular complexity index is 616. The van der Waals surface area contributed by atoms with E-state index >= 15 is 0 Å². The molecule has 7 nitrogen and oxygen atoms in total. The molecule has 1 aromatic carbocycles. The molecule has 1 rings (SSSR count). The summed E-state index contributed by atoms with van der Waals surface area (Å²) in [5.74, 6) is 2.81. The van der Waals surface area contributed by atoms with E-state index < -0.39 is 0 Å². The van der Waals surface area contributed by atoms with Crippen LogP contribution in [-0.4, -0.2) is 63.9 Å². The van der Waals surface area contributed by atoms with Crippen LogP contribution >= 0.6 is 24.0 Å². The number of nitrogens with one attached hydrogen (secondary N) is 2. The first-order valence-corrected chi connectivity index (χ1v) is 9.94. The average Bonchev–Trinajstić information content (AvgIpc) is 2.67. The molecule has 168 valence electrons. The van der Waals surface area contributed by atoms with Crippen molar-refractivity contribution in [3.05, 3.63) is 17.7 Å². The van der Waals surface area contributed by atoms with E-state index in [0.717, 1.165) is 36.9 Å². The lowest BCUT2D eigenvalue weighted by Crippen LogP contribution is -2.45. The monoisotopic (exact) mass is 522 g/mol. The smallest absolute Gasteiger partial charge is 0.191 e. The van der Waals surface area contributed by atoms with Crippen molar-refractivity contribution in [2.24, 2.45) is 4.99 Å². The van der Waals surface area contributed by atoms with Crippen LogP contribution in [0.3, 0.4) is 0 Å². The first kappa shape index (κ1) is 27.6. The molecular formula is C21H39IN4O3. The molecule has 0 heterocycles. The normalized spacial score (nSPS) is 11.5. The summed E-state index contributed by atoms with van der Waals surface area (Å²) in [4.78, 5) is 7.16. The van der Waals surface area contributed by atoms with Crippen molar-refractivity contribution in [1.29, 1.82) is 0 Å². The molecule has 0 aliphatic rings. The fourth-order valence-electron chi connectivity index (χ4n) is 3.14. The SMILES string of the molecule is CCNC(=NCc1cc(OC)c(OC)cc1OC)NCCN(C(C)C)C(C)C.I. The van der Waals surface area contributed by atoms with Gasteiger partial charge in [0.25, 0.3) is 0 Å². The maximum atomic E-state index is 5.49. The Morgan fingerprint density at radius 3 is 1.97 bits per heavy atom. The van der Waals surface area contributed by atoms with Gasteiger partial charge in [-0.1, -0.05) is 0 Å². The molecule has 0 aliphatic heterocycles. The van der Waals surface area contributed by atoms with Crippen LogP contribution in [0.1, 0.15) is 40.2 Å². The van der Waals surface area contributed by atoms with Gasteiger partial charge in [0.15, 0.2) is 17.5 Å². The number of guanidine groups is 1. The standard InChI is InChI=1S/C21H38N4O3.HI/c1-9-22-21(23-10-11-25(15(2)3)16(4)5)24-14-17-12-19(27-7)20(28-8)13-18(17)26-6;/h12-13,15-16H,9-11,14H2,1-8H3,(H2,22,23,24);1H. The summed E-state index contributed by atoms with van der Waals surface area (Å²) in [5.41, 5.74) is 0.934. The molecule has 1 aromatic rings. The molecule has 0 bridgehead atoms. The van der Waals surface area contributed by atoms with E-state index in [0.29, 0.717) is 30.1 Å². The zero-order valence-electron chi connectivity index (χ0n) is 19.2. The van der Waals surface area contributed by atoms with Gasteiger partial charge >= 0.3 is 0 Å². The van der Waals surface area contributed by atoms with Crippen molar-refractivity contribution in [1.82, 2.24) is 15.5 Å². The molecule has 0 unspecified atom stereocenters. The Kier molecular flexibility index (Phi) is 13.8. The van der Waals surface area contributed by atoms with E-state index in [1.54, 1.807) is 21.3 Å². The topological polar surface area (TPSA) is 67.4 Å². The minimum atomic E-state index is 0. The Hall–Kier alpha value is -1.42. The third-order valence-electron chi connectivity index (χ3n) is 4.53. The number of nitrogens with zero attached hydrogens (tertiary/aromatic N) is 2. The van der Waals surface area contributed by atoms with Crippen LogP contribution in [0.15, 0.2) is 17.1 Å². The summed E-state index contributed by atoms with van der Waals surface area (Å²) in [7, 11) is 4.88. The molecule has 0 amide bonds. The number of hydrogen-bond donors (Lipinski definition) is 2. The first-order chi connectivity index (χ1) is 13.4. The predicted molar refractivity (Wildman–Crippen MR) is 131 cm³/mol. The molecular weight excluding hydrogens is 483 g/mol. The van der Waals surface area contributed by atoms with E-state index in [4.69, 9.17) is 19.2 Å². The molecule has 0 saturated heterocycles. The second-order valence-corrected chi connectivity index (χ2v) is 7.07. The van der Waals surface area contributed by atoms with Gasteiger partial charge in [0.05, 0.1) is 27.9 Å². The quantitative estimate of drug-likeness (QED) is 0.264. The van der Waals surface area contributed by atoms with Crippen LogP contribution in [0.2, 0.25) is 0 Å². The molecule has 29 heavy (non-hydrogen) atoms. The summed E-state index contributed by atoms with van der Waals surface area (Å²) in [6.07, 6.45) is 0. The zero-order valence-corrected chi connectivity index (χ0v) is 21.5. The summed E-state index contributed by atoms with van der Waals surface area (Å²) >= 11 is 0. The minimum Gasteiger partial charge on any atom is -0.496 e. The molecule has 0 saturated carbocycles. The molecule has 8 heteroatoms. The molecule has 0 aromatic heterocycles. The highest BCUT2D eigenvalue weighted by Gasteiger charge is 2.14. The van der Waals surface area contributed by atoms with Crippen molar-refractivity contribution >= 4 is 29.9 Å². The van der Waals surface area contributed by atoms with E-state index in [1.165, 1.54) is 0 Å². The summed E-state index contributed by atoms with van der Waals surface area (Å²) in [5, 5.41) is 6.72. The molecule has 0 spiro atoms. The second kappa shape index (κ2) is 14.5. The number of hydrogen-bond acceptors (Lipinski definition) is 5. The van der Waals surface area contributed by atoms with Crippen LogP contribution in [0.4, 0.5) is 0 Å². The Morgan fingerprint density at radius 1 is 0.931 bits per heavy atom. The maximum Gasteiger partial charge on any atom is 0.191 e. The average molecular weight is 522 g/mol. The van der Waals surface area contributed by atoms with Crippen molar-refractivity contribution < 1.29 is 14.2 Å². The largest absolute Gasteiger partial charge is 0.496 e. The highest BCUT2D eigenvalue weighted by atomic mass is 127. The van der Waals surface area contributed by atoms with Crippen molar-refractivity contribution in [3.63, 3.8) is 0 Å². The van der Waals surface area contributed by atoms with Gasteiger partial charge in [0, 0.05) is 43.3 Å². The van der Waals surface area contributed by atoms with E-state index in [9.17, 15) is 0 Å². The Morgan fingerprint density at radius 2 is 1.48 bits per heavy atom. The molecule has 0 atom stereocenters. The Labute approximate surface area is 193 Å².